The average molecular weight is 279 g/mol. The molecule has 106 valence electrons. The second-order valence-corrected chi connectivity index (χ2v) is 4.66. The van der Waals surface area contributed by atoms with E-state index in [1.54, 1.807) is 18.3 Å². The molecule has 0 saturated heterocycles. The van der Waals surface area contributed by atoms with Crippen molar-refractivity contribution < 1.29 is 4.79 Å². The zero-order valence-electron chi connectivity index (χ0n) is 12.1. The van der Waals surface area contributed by atoms with Crippen molar-refractivity contribution in [1.29, 1.82) is 0 Å². The summed E-state index contributed by atoms with van der Waals surface area (Å²) in [5.74, 6) is 6.00. The van der Waals surface area contributed by atoms with Crippen molar-refractivity contribution in [2.24, 2.45) is 5.73 Å². The molecule has 1 aromatic carbocycles. The number of nitrogens with zero attached hydrogens (tertiary/aromatic N) is 1. The van der Waals surface area contributed by atoms with Crippen LogP contribution in [0.3, 0.4) is 0 Å². The SMILES string of the molecule is Cc1cccc(C)c1C(=O)Nc1cc(C#CCN)ccn1. The molecule has 0 aliphatic rings. The highest BCUT2D eigenvalue weighted by molar-refractivity contribution is 6.05. The molecule has 21 heavy (non-hydrogen) atoms. The molecule has 4 heteroatoms. The molecular weight excluding hydrogens is 262 g/mol. The minimum absolute atomic E-state index is 0.165. The van der Waals surface area contributed by atoms with Crippen molar-refractivity contribution in [3.05, 3.63) is 58.8 Å². The fourth-order valence-electron chi connectivity index (χ4n) is 2.08. The Bertz CT molecular complexity index is 706. The molecular formula is C17H17N3O. The van der Waals surface area contributed by atoms with Crippen molar-refractivity contribution in [2.45, 2.75) is 13.8 Å². The van der Waals surface area contributed by atoms with Crippen molar-refractivity contribution in [1.82, 2.24) is 4.98 Å². The smallest absolute Gasteiger partial charge is 0.257 e. The first-order valence-corrected chi connectivity index (χ1v) is 6.64. The third-order valence-corrected chi connectivity index (χ3v) is 3.04. The molecule has 1 heterocycles. The van der Waals surface area contributed by atoms with Crippen LogP contribution in [-0.4, -0.2) is 17.4 Å². The first kappa shape index (κ1) is 14.8. The number of hydrogen-bond donors (Lipinski definition) is 2. The van der Waals surface area contributed by atoms with Crippen molar-refractivity contribution >= 4 is 11.7 Å². The molecule has 0 spiro atoms. The largest absolute Gasteiger partial charge is 0.320 e. The highest BCUT2D eigenvalue weighted by Gasteiger charge is 2.12. The van der Waals surface area contributed by atoms with E-state index in [1.807, 2.05) is 32.0 Å². The molecule has 0 fully saturated rings. The number of carbonyl (C=O) groups is 1. The Kier molecular flexibility index (Phi) is 4.70. The van der Waals surface area contributed by atoms with E-state index in [0.717, 1.165) is 16.7 Å². The zero-order valence-corrected chi connectivity index (χ0v) is 12.1. The predicted molar refractivity (Wildman–Crippen MR) is 84.0 cm³/mol. The normalized spacial score (nSPS) is 9.67. The first-order valence-electron chi connectivity index (χ1n) is 6.64. The van der Waals surface area contributed by atoms with E-state index >= 15 is 0 Å². The maximum Gasteiger partial charge on any atom is 0.257 e. The fourth-order valence-corrected chi connectivity index (χ4v) is 2.08. The molecule has 1 amide bonds. The molecule has 0 bridgehead atoms. The Morgan fingerprint density at radius 2 is 2.00 bits per heavy atom. The van der Waals surface area contributed by atoms with Gasteiger partial charge in [-0.2, -0.15) is 0 Å². The van der Waals surface area contributed by atoms with Gasteiger partial charge in [0.15, 0.2) is 0 Å². The lowest BCUT2D eigenvalue weighted by molar-refractivity contribution is 0.102. The maximum atomic E-state index is 12.4. The van der Waals surface area contributed by atoms with E-state index < -0.39 is 0 Å². The minimum Gasteiger partial charge on any atom is -0.320 e. The second-order valence-electron chi connectivity index (χ2n) is 4.66. The monoisotopic (exact) mass is 279 g/mol. The summed E-state index contributed by atoms with van der Waals surface area (Å²) in [5, 5.41) is 2.81. The summed E-state index contributed by atoms with van der Waals surface area (Å²) in [7, 11) is 0. The molecule has 0 aliphatic carbocycles. The molecule has 2 rings (SSSR count). The molecule has 4 nitrogen and oxygen atoms in total. The predicted octanol–water partition coefficient (Wildman–Crippen LogP) is 2.26. The number of aryl methyl sites for hydroxylation is 2. The van der Waals surface area contributed by atoms with Crippen LogP contribution in [0.25, 0.3) is 0 Å². The van der Waals surface area contributed by atoms with Crippen LogP contribution >= 0.6 is 0 Å². The van der Waals surface area contributed by atoms with Crippen LogP contribution in [0.4, 0.5) is 5.82 Å². The third kappa shape index (κ3) is 3.68. The highest BCUT2D eigenvalue weighted by atomic mass is 16.1. The van der Waals surface area contributed by atoms with Gasteiger partial charge in [-0.25, -0.2) is 4.98 Å². The topological polar surface area (TPSA) is 68.0 Å². The van der Waals surface area contributed by atoms with Crippen molar-refractivity contribution in [2.75, 3.05) is 11.9 Å². The quantitative estimate of drug-likeness (QED) is 0.829. The Balaban J connectivity index is 2.24. The number of carbonyl (C=O) groups excluding carboxylic acids is 1. The van der Waals surface area contributed by atoms with E-state index in [4.69, 9.17) is 5.73 Å². The Hall–Kier alpha value is -2.64. The van der Waals surface area contributed by atoms with E-state index in [1.165, 1.54) is 0 Å². The number of amides is 1. The van der Waals surface area contributed by atoms with Gasteiger partial charge in [-0.1, -0.05) is 30.0 Å². The molecule has 0 atom stereocenters. The minimum atomic E-state index is -0.165. The summed E-state index contributed by atoms with van der Waals surface area (Å²) in [6.07, 6.45) is 1.61. The zero-order chi connectivity index (χ0) is 15.2. The Morgan fingerprint density at radius 3 is 2.67 bits per heavy atom. The van der Waals surface area contributed by atoms with Gasteiger partial charge in [0.1, 0.15) is 5.82 Å². The number of rotatable bonds is 2. The number of anilines is 1. The number of nitrogens with two attached hydrogens (primary N) is 1. The number of nitrogens with one attached hydrogen (secondary N) is 1. The van der Waals surface area contributed by atoms with Crippen LogP contribution in [0.5, 0.6) is 0 Å². The lowest BCUT2D eigenvalue weighted by Gasteiger charge is -2.10. The standard InChI is InChI=1S/C17H17N3O/c1-12-5-3-6-13(2)16(12)17(21)20-15-11-14(7-4-9-18)8-10-19-15/h3,5-6,8,10-11H,9,18H2,1-2H3,(H,19,20,21). The second kappa shape index (κ2) is 6.69. The van der Waals surface area contributed by atoms with E-state index in [2.05, 4.69) is 22.1 Å². The van der Waals surface area contributed by atoms with Gasteiger partial charge in [0.25, 0.3) is 5.91 Å². The Morgan fingerprint density at radius 1 is 1.29 bits per heavy atom. The summed E-state index contributed by atoms with van der Waals surface area (Å²) in [6, 6.07) is 9.27. The summed E-state index contributed by atoms with van der Waals surface area (Å²) < 4.78 is 0. The van der Waals surface area contributed by atoms with Gasteiger partial charge in [0, 0.05) is 17.3 Å². The van der Waals surface area contributed by atoms with Gasteiger partial charge in [0.2, 0.25) is 0 Å². The van der Waals surface area contributed by atoms with Gasteiger partial charge in [-0.05, 0) is 37.1 Å². The third-order valence-electron chi connectivity index (χ3n) is 3.04. The molecule has 0 saturated carbocycles. The van der Waals surface area contributed by atoms with Crippen molar-refractivity contribution in [3.63, 3.8) is 0 Å². The van der Waals surface area contributed by atoms with Gasteiger partial charge >= 0.3 is 0 Å². The molecule has 0 radical (unpaired) electrons. The van der Waals surface area contributed by atoms with Gasteiger partial charge < -0.3 is 11.1 Å². The molecule has 0 unspecified atom stereocenters. The van der Waals surface area contributed by atoms with Crippen LogP contribution in [0.15, 0.2) is 36.5 Å². The number of aromatic nitrogens is 1. The summed E-state index contributed by atoms with van der Waals surface area (Å²) in [6.45, 7) is 4.13. The van der Waals surface area contributed by atoms with Crippen LogP contribution in [-0.2, 0) is 0 Å². The average Bonchev–Trinajstić information content (AvgIpc) is 2.45. The number of pyridine rings is 1. The fraction of sp³-hybridized carbons (Fsp3) is 0.176. The lowest BCUT2D eigenvalue weighted by atomic mass is 10.0. The molecule has 3 N–H and O–H groups in total. The van der Waals surface area contributed by atoms with E-state index in [-0.39, 0.29) is 5.91 Å². The van der Waals surface area contributed by atoms with Crippen molar-refractivity contribution in [3.8, 4) is 11.8 Å². The van der Waals surface area contributed by atoms with Crippen LogP contribution in [0.2, 0.25) is 0 Å². The Labute approximate surface area is 124 Å². The number of hydrogen-bond acceptors (Lipinski definition) is 3. The molecule has 1 aromatic heterocycles. The summed E-state index contributed by atoms with van der Waals surface area (Å²) in [4.78, 5) is 16.5. The lowest BCUT2D eigenvalue weighted by Crippen LogP contribution is -2.15. The van der Waals surface area contributed by atoms with Gasteiger partial charge in [-0.15, -0.1) is 0 Å². The van der Waals surface area contributed by atoms with Gasteiger partial charge in [-0.3, -0.25) is 4.79 Å². The van der Waals surface area contributed by atoms with Crippen LogP contribution in [0, 0.1) is 25.7 Å². The van der Waals surface area contributed by atoms with Crippen LogP contribution in [0.1, 0.15) is 27.0 Å². The van der Waals surface area contributed by atoms with Gasteiger partial charge in [0.05, 0.1) is 6.54 Å². The number of benzene rings is 1. The maximum absolute atomic E-state index is 12.4. The highest BCUT2D eigenvalue weighted by Crippen LogP contribution is 2.15. The summed E-state index contributed by atoms with van der Waals surface area (Å²) in [5.41, 5.74) is 8.67. The van der Waals surface area contributed by atoms with Crippen LogP contribution < -0.4 is 11.1 Å². The van der Waals surface area contributed by atoms with E-state index in [0.29, 0.717) is 17.9 Å². The molecule has 0 aliphatic heterocycles. The molecule has 2 aromatic rings. The first-order chi connectivity index (χ1) is 10.1. The van der Waals surface area contributed by atoms with E-state index in [9.17, 15) is 4.79 Å². The summed E-state index contributed by atoms with van der Waals surface area (Å²) >= 11 is 0.